The van der Waals surface area contributed by atoms with E-state index in [1.165, 1.54) is 103 Å². The van der Waals surface area contributed by atoms with Crippen molar-refractivity contribution in [3.63, 3.8) is 0 Å². The van der Waals surface area contributed by atoms with Crippen molar-refractivity contribution in [3.05, 3.63) is 248 Å². The summed E-state index contributed by atoms with van der Waals surface area (Å²) in [6, 6.07) is 46.5. The molecule has 286 valence electrons. The van der Waals surface area contributed by atoms with Crippen molar-refractivity contribution in [2.45, 2.75) is 35.3 Å². The van der Waals surface area contributed by atoms with E-state index in [1.807, 2.05) is 11.3 Å². The standard InChI is InChI=1S/C58H42S2/c1-2-20-40-37(15-1)33-49(42-22-4-3-21-41(40)42)35-16-13-18-38(31-35)54-43-23-5-7-25-45(43)55(46-26-8-6-24-44(46)54)39-19-14-17-36(32-39)50-34-53-56(47-27-9-11-29-51(47)59-53)57-48-28-10-12-30-52(48)60-58(50)57/h1-3,5-21,23,25-34,37,40,44,57-58H,4,22,24H2. The minimum absolute atomic E-state index is 0.265. The molecule has 2 heterocycles. The van der Waals surface area contributed by atoms with Gasteiger partial charge in [0.05, 0.1) is 0 Å². The second kappa shape index (κ2) is 13.8. The Hall–Kier alpha value is -5.93. The average Bonchev–Trinajstić information content (AvgIpc) is 3.89. The number of benzene rings is 5. The molecule has 0 nitrogen and oxygen atoms in total. The van der Waals surface area contributed by atoms with Gasteiger partial charge in [0.1, 0.15) is 0 Å². The van der Waals surface area contributed by atoms with Crippen LogP contribution in [0.2, 0.25) is 0 Å². The van der Waals surface area contributed by atoms with E-state index in [0.29, 0.717) is 23.0 Å². The van der Waals surface area contributed by atoms with Crippen LogP contribution in [0.15, 0.2) is 204 Å². The van der Waals surface area contributed by atoms with Crippen molar-refractivity contribution in [2.24, 2.45) is 17.8 Å². The highest BCUT2D eigenvalue weighted by atomic mass is 32.2. The third kappa shape index (κ3) is 5.30. The van der Waals surface area contributed by atoms with Crippen LogP contribution in [0.25, 0.3) is 38.5 Å². The molecule has 6 aromatic rings. The zero-order valence-electron chi connectivity index (χ0n) is 33.2. The summed E-state index contributed by atoms with van der Waals surface area (Å²) in [5.41, 5.74) is 18.5. The molecule has 1 aromatic heterocycles. The van der Waals surface area contributed by atoms with Gasteiger partial charge in [0, 0.05) is 43.4 Å². The van der Waals surface area contributed by atoms with Gasteiger partial charge in [-0.25, -0.2) is 0 Å². The Morgan fingerprint density at radius 1 is 0.650 bits per heavy atom. The molecule has 2 heteroatoms. The third-order valence-corrected chi connectivity index (χ3v) is 16.6. The van der Waals surface area contributed by atoms with Crippen molar-refractivity contribution < 1.29 is 0 Å². The Balaban J connectivity index is 0.975. The summed E-state index contributed by atoms with van der Waals surface area (Å²) in [6.45, 7) is 0. The zero-order valence-corrected chi connectivity index (χ0v) is 34.9. The molecule has 0 fully saturated rings. The molecule has 6 aliphatic carbocycles. The Morgan fingerprint density at radius 2 is 1.45 bits per heavy atom. The monoisotopic (exact) mass is 802 g/mol. The SMILES string of the molecule is C1=CCC2C(=C1)C(c1cccc(C3=Cc4sc5ccccc5c4C4c5ccccc5SC34)c1)=c1ccccc1=C2c1cccc(C2=CC3C=CC=CC3C3=C2CCC=C3)c1. The number of fused-ring (bicyclic) bond motifs is 11. The van der Waals surface area contributed by atoms with Gasteiger partial charge in [-0.3, -0.25) is 0 Å². The van der Waals surface area contributed by atoms with Crippen molar-refractivity contribution in [1.29, 1.82) is 0 Å². The van der Waals surface area contributed by atoms with E-state index < -0.39 is 0 Å². The number of thioether (sulfide) groups is 1. The highest BCUT2D eigenvalue weighted by Crippen LogP contribution is 2.59. The summed E-state index contributed by atoms with van der Waals surface area (Å²) in [6.07, 6.45) is 29.4. The maximum Gasteiger partial charge on any atom is 0.0461 e. The fourth-order valence-electron chi connectivity index (χ4n) is 11.5. The Labute approximate surface area is 360 Å². The number of allylic oxidation sites excluding steroid dienone is 14. The van der Waals surface area contributed by atoms with Gasteiger partial charge >= 0.3 is 0 Å². The molecule has 60 heavy (non-hydrogen) atoms. The molecule has 0 amide bonds. The van der Waals surface area contributed by atoms with Gasteiger partial charge in [0.15, 0.2) is 0 Å². The molecule has 5 atom stereocenters. The van der Waals surface area contributed by atoms with Crippen LogP contribution in [-0.4, -0.2) is 5.25 Å². The number of thiophene rings is 1. The van der Waals surface area contributed by atoms with Gasteiger partial charge in [0.25, 0.3) is 0 Å². The van der Waals surface area contributed by atoms with Gasteiger partial charge in [0.2, 0.25) is 0 Å². The predicted octanol–water partition coefficient (Wildman–Crippen LogP) is 13.4. The Bertz CT molecular complexity index is 3240. The van der Waals surface area contributed by atoms with Crippen LogP contribution in [0.4, 0.5) is 0 Å². The van der Waals surface area contributed by atoms with Crippen LogP contribution in [0, 0.1) is 17.8 Å². The first-order valence-corrected chi connectivity index (χ1v) is 23.3. The summed E-state index contributed by atoms with van der Waals surface area (Å²) in [5, 5.41) is 4.44. The van der Waals surface area contributed by atoms with Crippen molar-refractivity contribution in [2.75, 3.05) is 0 Å². The molecular weight excluding hydrogens is 761 g/mol. The lowest BCUT2D eigenvalue weighted by Gasteiger charge is -2.34. The maximum absolute atomic E-state index is 2.56. The van der Waals surface area contributed by atoms with E-state index >= 15 is 0 Å². The summed E-state index contributed by atoms with van der Waals surface area (Å²) >= 11 is 4.01. The second-order valence-electron chi connectivity index (χ2n) is 17.2. The number of rotatable bonds is 4. The van der Waals surface area contributed by atoms with Crippen LogP contribution in [0.1, 0.15) is 63.4 Å². The smallest absolute Gasteiger partial charge is 0.0461 e. The molecule has 0 N–H and O–H groups in total. The average molecular weight is 803 g/mol. The van der Waals surface area contributed by atoms with Crippen LogP contribution in [-0.2, 0) is 0 Å². The van der Waals surface area contributed by atoms with E-state index in [2.05, 4.69) is 200 Å². The molecular formula is C58H42S2. The fourth-order valence-corrected chi connectivity index (χ4v) is 14.2. The summed E-state index contributed by atoms with van der Waals surface area (Å²) in [7, 11) is 0. The summed E-state index contributed by atoms with van der Waals surface area (Å²) in [4.78, 5) is 2.83. The first-order chi connectivity index (χ1) is 29.8. The zero-order chi connectivity index (χ0) is 39.3. The molecule has 7 aliphatic rings. The highest BCUT2D eigenvalue weighted by Gasteiger charge is 2.42. The van der Waals surface area contributed by atoms with Gasteiger partial charge < -0.3 is 0 Å². The predicted molar refractivity (Wildman–Crippen MR) is 255 cm³/mol. The topological polar surface area (TPSA) is 0 Å². The Morgan fingerprint density at radius 3 is 2.42 bits per heavy atom. The van der Waals surface area contributed by atoms with Crippen LogP contribution in [0.5, 0.6) is 0 Å². The molecule has 0 radical (unpaired) electrons. The molecule has 5 aromatic carbocycles. The number of hydrogen-bond donors (Lipinski definition) is 0. The number of hydrogen-bond acceptors (Lipinski definition) is 2. The van der Waals surface area contributed by atoms with Gasteiger partial charge in [-0.05, 0) is 138 Å². The molecule has 0 bridgehead atoms. The van der Waals surface area contributed by atoms with Gasteiger partial charge in [-0.2, -0.15) is 0 Å². The van der Waals surface area contributed by atoms with E-state index in [1.54, 1.807) is 0 Å². The van der Waals surface area contributed by atoms with E-state index in [-0.39, 0.29) is 5.92 Å². The van der Waals surface area contributed by atoms with Crippen molar-refractivity contribution >= 4 is 61.6 Å². The highest BCUT2D eigenvalue weighted by molar-refractivity contribution is 8.00. The minimum atomic E-state index is 0.265. The molecule has 1 aliphatic heterocycles. The quantitative estimate of drug-likeness (QED) is 0.171. The normalized spacial score (nSPS) is 24.1. The van der Waals surface area contributed by atoms with E-state index in [4.69, 9.17) is 0 Å². The van der Waals surface area contributed by atoms with Gasteiger partial charge in [-0.15, -0.1) is 23.1 Å². The Kier molecular flexibility index (Phi) is 8.03. The lowest BCUT2D eigenvalue weighted by atomic mass is 9.70. The van der Waals surface area contributed by atoms with Crippen LogP contribution >= 0.6 is 23.1 Å². The van der Waals surface area contributed by atoms with Crippen LogP contribution in [0.3, 0.4) is 0 Å². The van der Waals surface area contributed by atoms with Crippen molar-refractivity contribution in [3.8, 4) is 0 Å². The molecule has 0 saturated carbocycles. The third-order valence-electron chi connectivity index (χ3n) is 14.1. The lowest BCUT2D eigenvalue weighted by molar-refractivity contribution is 0.623. The minimum Gasteiger partial charge on any atom is -0.136 e. The maximum atomic E-state index is 2.56. The fraction of sp³-hybridized carbons (Fsp3) is 0.138. The van der Waals surface area contributed by atoms with Gasteiger partial charge in [-0.1, -0.05) is 158 Å². The largest absolute Gasteiger partial charge is 0.136 e. The lowest BCUT2D eigenvalue weighted by Crippen LogP contribution is -2.37. The summed E-state index contributed by atoms with van der Waals surface area (Å²) in [5.74, 6) is 1.45. The summed E-state index contributed by atoms with van der Waals surface area (Å²) < 4.78 is 1.38. The van der Waals surface area contributed by atoms with Crippen molar-refractivity contribution in [1.82, 2.24) is 0 Å². The molecule has 0 saturated heterocycles. The first-order valence-electron chi connectivity index (χ1n) is 21.6. The second-order valence-corrected chi connectivity index (χ2v) is 19.5. The first kappa shape index (κ1) is 34.9. The van der Waals surface area contributed by atoms with Crippen LogP contribution < -0.4 is 10.4 Å². The van der Waals surface area contributed by atoms with E-state index in [9.17, 15) is 0 Å². The van der Waals surface area contributed by atoms with E-state index in [0.717, 1.165) is 19.3 Å². The molecule has 13 rings (SSSR count). The molecule has 5 unspecified atom stereocenters. The molecule has 0 spiro atoms.